The molecular weight excluding hydrogens is 208 g/mol. The molecule has 2 atom stereocenters. The molecule has 1 aliphatic rings. The lowest BCUT2D eigenvalue weighted by atomic mass is 9.98. The van der Waals surface area contributed by atoms with Gasteiger partial charge in [0.15, 0.2) is 0 Å². The van der Waals surface area contributed by atoms with E-state index in [2.05, 4.69) is 44.8 Å². The molecule has 1 fully saturated rings. The van der Waals surface area contributed by atoms with Gasteiger partial charge in [-0.2, -0.15) is 0 Å². The minimum Gasteiger partial charge on any atom is -0.310 e. The van der Waals surface area contributed by atoms with Crippen LogP contribution in [0.25, 0.3) is 0 Å². The second-order valence-electron chi connectivity index (χ2n) is 6.49. The molecule has 2 nitrogen and oxygen atoms in total. The first-order chi connectivity index (χ1) is 7.97. The topological polar surface area (TPSA) is 15.3 Å². The van der Waals surface area contributed by atoms with Crippen molar-refractivity contribution in [3.63, 3.8) is 0 Å². The van der Waals surface area contributed by atoms with Crippen molar-refractivity contribution in [2.75, 3.05) is 19.6 Å². The third-order valence-corrected chi connectivity index (χ3v) is 4.30. The third kappa shape index (κ3) is 4.97. The Morgan fingerprint density at radius 1 is 1.41 bits per heavy atom. The Morgan fingerprint density at radius 3 is 2.71 bits per heavy atom. The van der Waals surface area contributed by atoms with Crippen LogP contribution in [0.2, 0.25) is 0 Å². The van der Waals surface area contributed by atoms with Crippen molar-refractivity contribution < 1.29 is 0 Å². The molecule has 17 heavy (non-hydrogen) atoms. The minimum atomic E-state index is 0.322. The Labute approximate surface area is 108 Å². The van der Waals surface area contributed by atoms with Gasteiger partial charge in [0.05, 0.1) is 0 Å². The first kappa shape index (κ1) is 15.0. The summed E-state index contributed by atoms with van der Waals surface area (Å²) in [6.45, 7) is 15.4. The van der Waals surface area contributed by atoms with Gasteiger partial charge in [-0.15, -0.1) is 0 Å². The highest BCUT2D eigenvalue weighted by Gasteiger charge is 2.29. The van der Waals surface area contributed by atoms with Gasteiger partial charge >= 0.3 is 0 Å². The van der Waals surface area contributed by atoms with E-state index < -0.39 is 0 Å². The van der Waals surface area contributed by atoms with Crippen LogP contribution in [0.3, 0.4) is 0 Å². The molecule has 1 N–H and O–H groups in total. The van der Waals surface area contributed by atoms with E-state index in [0.29, 0.717) is 5.54 Å². The van der Waals surface area contributed by atoms with Crippen LogP contribution in [0.4, 0.5) is 0 Å². The van der Waals surface area contributed by atoms with E-state index in [1.165, 1.54) is 45.3 Å². The number of rotatable bonds is 5. The van der Waals surface area contributed by atoms with Gasteiger partial charge in [-0.25, -0.2) is 0 Å². The fourth-order valence-corrected chi connectivity index (χ4v) is 2.66. The number of hydrogen-bond acceptors (Lipinski definition) is 2. The van der Waals surface area contributed by atoms with Gasteiger partial charge in [0.1, 0.15) is 0 Å². The Morgan fingerprint density at radius 2 is 2.12 bits per heavy atom. The summed E-state index contributed by atoms with van der Waals surface area (Å²) < 4.78 is 0. The number of nitrogens with zero attached hydrogens (tertiary/aromatic N) is 1. The van der Waals surface area contributed by atoms with Crippen molar-refractivity contribution in [3.8, 4) is 0 Å². The van der Waals surface area contributed by atoms with Gasteiger partial charge in [-0.1, -0.05) is 20.8 Å². The maximum atomic E-state index is 3.73. The second kappa shape index (κ2) is 6.75. The van der Waals surface area contributed by atoms with Gasteiger partial charge in [0, 0.05) is 18.1 Å². The molecule has 1 saturated heterocycles. The summed E-state index contributed by atoms with van der Waals surface area (Å²) in [4.78, 5) is 2.70. The highest BCUT2D eigenvalue weighted by molar-refractivity contribution is 4.90. The van der Waals surface area contributed by atoms with Crippen molar-refractivity contribution in [2.24, 2.45) is 5.92 Å². The summed E-state index contributed by atoms with van der Waals surface area (Å²) >= 11 is 0. The Kier molecular flexibility index (Phi) is 5.94. The predicted molar refractivity (Wildman–Crippen MR) is 76.4 cm³/mol. The molecule has 0 amide bonds. The quantitative estimate of drug-likeness (QED) is 0.793. The molecule has 0 spiro atoms. The van der Waals surface area contributed by atoms with Crippen molar-refractivity contribution in [3.05, 3.63) is 0 Å². The van der Waals surface area contributed by atoms with Crippen LogP contribution in [0.15, 0.2) is 0 Å². The highest BCUT2D eigenvalue weighted by Crippen LogP contribution is 2.19. The SMILES string of the molecule is CCC1(C)CN(CCCC(C)C)C(C)CCN1. The molecule has 1 rings (SSSR count). The third-order valence-electron chi connectivity index (χ3n) is 4.30. The molecule has 0 aliphatic carbocycles. The van der Waals surface area contributed by atoms with E-state index in [9.17, 15) is 0 Å². The fourth-order valence-electron chi connectivity index (χ4n) is 2.66. The smallest absolute Gasteiger partial charge is 0.0277 e. The highest BCUT2D eigenvalue weighted by atomic mass is 15.2. The van der Waals surface area contributed by atoms with Crippen molar-refractivity contribution in [1.29, 1.82) is 0 Å². The number of hydrogen-bond donors (Lipinski definition) is 1. The van der Waals surface area contributed by atoms with Crippen molar-refractivity contribution in [2.45, 2.75) is 71.9 Å². The van der Waals surface area contributed by atoms with E-state index in [4.69, 9.17) is 0 Å². The Bertz CT molecular complexity index is 215. The van der Waals surface area contributed by atoms with E-state index in [1.807, 2.05) is 0 Å². The first-order valence-corrected chi connectivity index (χ1v) is 7.46. The summed E-state index contributed by atoms with van der Waals surface area (Å²) in [5.41, 5.74) is 0.322. The maximum absolute atomic E-state index is 3.73. The van der Waals surface area contributed by atoms with E-state index in [0.717, 1.165) is 12.0 Å². The van der Waals surface area contributed by atoms with Crippen LogP contribution >= 0.6 is 0 Å². The van der Waals surface area contributed by atoms with Crippen molar-refractivity contribution >= 4 is 0 Å². The molecule has 0 aromatic rings. The second-order valence-corrected chi connectivity index (χ2v) is 6.49. The Balaban J connectivity index is 2.48. The molecule has 0 aromatic carbocycles. The van der Waals surface area contributed by atoms with Crippen LogP contribution in [0.5, 0.6) is 0 Å². The molecular formula is C15H32N2. The van der Waals surface area contributed by atoms with Crippen molar-refractivity contribution in [1.82, 2.24) is 10.2 Å². The van der Waals surface area contributed by atoms with Crippen LogP contribution in [-0.4, -0.2) is 36.1 Å². The largest absolute Gasteiger partial charge is 0.310 e. The lowest BCUT2D eigenvalue weighted by Crippen LogP contribution is -2.49. The lowest BCUT2D eigenvalue weighted by Gasteiger charge is -2.35. The predicted octanol–water partition coefficient (Wildman–Crippen LogP) is 3.28. The molecule has 1 aliphatic heterocycles. The molecule has 1 heterocycles. The minimum absolute atomic E-state index is 0.322. The van der Waals surface area contributed by atoms with Gasteiger partial charge in [-0.3, -0.25) is 4.90 Å². The van der Waals surface area contributed by atoms with E-state index in [-0.39, 0.29) is 0 Å². The maximum Gasteiger partial charge on any atom is 0.0277 e. The average molecular weight is 240 g/mol. The summed E-state index contributed by atoms with van der Waals surface area (Å²) in [5, 5.41) is 3.73. The lowest BCUT2D eigenvalue weighted by molar-refractivity contribution is 0.166. The molecule has 2 unspecified atom stereocenters. The zero-order valence-corrected chi connectivity index (χ0v) is 12.6. The summed E-state index contributed by atoms with van der Waals surface area (Å²) in [7, 11) is 0. The van der Waals surface area contributed by atoms with Gasteiger partial charge in [-0.05, 0) is 58.5 Å². The zero-order valence-electron chi connectivity index (χ0n) is 12.6. The molecule has 102 valence electrons. The molecule has 0 bridgehead atoms. The van der Waals surface area contributed by atoms with Gasteiger partial charge in [0.25, 0.3) is 0 Å². The molecule has 0 radical (unpaired) electrons. The normalized spacial score (nSPS) is 31.8. The van der Waals surface area contributed by atoms with Crippen LogP contribution in [0.1, 0.15) is 60.3 Å². The van der Waals surface area contributed by atoms with Gasteiger partial charge in [0.2, 0.25) is 0 Å². The fraction of sp³-hybridized carbons (Fsp3) is 1.00. The summed E-state index contributed by atoms with van der Waals surface area (Å²) in [5.74, 6) is 0.841. The van der Waals surface area contributed by atoms with Crippen LogP contribution < -0.4 is 5.32 Å². The summed E-state index contributed by atoms with van der Waals surface area (Å²) in [6, 6.07) is 0.739. The van der Waals surface area contributed by atoms with E-state index in [1.54, 1.807) is 0 Å². The van der Waals surface area contributed by atoms with Gasteiger partial charge < -0.3 is 5.32 Å². The summed E-state index contributed by atoms with van der Waals surface area (Å²) in [6.07, 6.45) is 5.22. The molecule has 2 heteroatoms. The molecule has 0 saturated carbocycles. The average Bonchev–Trinajstić information content (AvgIpc) is 2.40. The first-order valence-electron chi connectivity index (χ1n) is 7.46. The van der Waals surface area contributed by atoms with E-state index >= 15 is 0 Å². The monoisotopic (exact) mass is 240 g/mol. The molecule has 0 aromatic heterocycles. The zero-order chi connectivity index (χ0) is 12.9. The van der Waals surface area contributed by atoms with Crippen LogP contribution in [-0.2, 0) is 0 Å². The van der Waals surface area contributed by atoms with Crippen LogP contribution in [0, 0.1) is 5.92 Å². The standard InChI is InChI=1S/C15H32N2/c1-6-15(5)12-17(11-7-8-13(2)3)14(4)9-10-16-15/h13-14,16H,6-12H2,1-5H3. The number of nitrogens with one attached hydrogen (secondary N) is 1. The Hall–Kier alpha value is -0.0800.